The van der Waals surface area contributed by atoms with Crippen LogP contribution in [0.15, 0.2) is 66.7 Å². The van der Waals surface area contributed by atoms with Crippen LogP contribution in [0.2, 0.25) is 0 Å². The van der Waals surface area contributed by atoms with Crippen LogP contribution in [0.3, 0.4) is 0 Å². The van der Waals surface area contributed by atoms with E-state index >= 15 is 0 Å². The van der Waals surface area contributed by atoms with Gasteiger partial charge in [-0.15, -0.1) is 0 Å². The molecule has 7 heteroatoms. The van der Waals surface area contributed by atoms with Gasteiger partial charge < -0.3 is 21.1 Å². The van der Waals surface area contributed by atoms with Crippen LogP contribution in [0.1, 0.15) is 15.9 Å². The van der Waals surface area contributed by atoms with Gasteiger partial charge >= 0.3 is 0 Å². The van der Waals surface area contributed by atoms with Crippen molar-refractivity contribution in [2.75, 3.05) is 18.5 Å². The molecule has 0 saturated heterocycles. The van der Waals surface area contributed by atoms with Crippen molar-refractivity contribution in [2.45, 2.75) is 6.42 Å². The van der Waals surface area contributed by atoms with Crippen LogP contribution in [0.4, 0.5) is 5.69 Å². The molecule has 6 nitrogen and oxygen atoms in total. The minimum atomic E-state index is -0.341. The number of hydrogen-bond donors (Lipinski definition) is 4. The molecule has 3 aromatic carbocycles. The van der Waals surface area contributed by atoms with Crippen LogP contribution >= 0.6 is 12.2 Å². The van der Waals surface area contributed by atoms with Gasteiger partial charge in [0.1, 0.15) is 0 Å². The number of para-hydroxylation sites is 1. The van der Waals surface area contributed by atoms with Crippen LogP contribution < -0.4 is 16.0 Å². The lowest BCUT2D eigenvalue weighted by Crippen LogP contribution is -2.36. The van der Waals surface area contributed by atoms with E-state index in [9.17, 15) is 9.59 Å². The van der Waals surface area contributed by atoms with E-state index in [2.05, 4.69) is 16.0 Å². The average molecular weight is 407 g/mol. The van der Waals surface area contributed by atoms with Gasteiger partial charge in [0.25, 0.3) is 5.91 Å². The maximum Gasteiger partial charge on any atom is 0.253 e. The van der Waals surface area contributed by atoms with Crippen molar-refractivity contribution in [2.24, 2.45) is 0 Å². The van der Waals surface area contributed by atoms with Gasteiger partial charge in [0.05, 0.1) is 24.3 Å². The molecule has 0 atom stereocenters. The van der Waals surface area contributed by atoms with Crippen molar-refractivity contribution < 1.29 is 14.7 Å². The summed E-state index contributed by atoms with van der Waals surface area (Å²) in [6.45, 7) is 0.00333. The van der Waals surface area contributed by atoms with E-state index in [0.717, 1.165) is 16.3 Å². The van der Waals surface area contributed by atoms with E-state index in [4.69, 9.17) is 17.3 Å². The van der Waals surface area contributed by atoms with Crippen molar-refractivity contribution in [1.82, 2.24) is 10.6 Å². The number of carbonyl (C=O) groups is 2. The molecular formula is C22H21N3O3S. The fourth-order valence-corrected chi connectivity index (χ4v) is 3.22. The molecule has 0 spiro atoms. The molecule has 0 saturated carbocycles. The monoisotopic (exact) mass is 407 g/mol. The molecule has 0 aromatic heterocycles. The van der Waals surface area contributed by atoms with Crippen molar-refractivity contribution >= 4 is 45.6 Å². The van der Waals surface area contributed by atoms with Gasteiger partial charge in [-0.3, -0.25) is 9.59 Å². The number of aliphatic hydroxyl groups is 1. The lowest BCUT2D eigenvalue weighted by molar-refractivity contribution is -0.119. The summed E-state index contributed by atoms with van der Waals surface area (Å²) >= 11 is 5.24. The van der Waals surface area contributed by atoms with E-state index in [1.165, 1.54) is 0 Å². The normalized spacial score (nSPS) is 10.4. The molecule has 0 aliphatic rings. The van der Waals surface area contributed by atoms with Gasteiger partial charge in [0, 0.05) is 6.54 Å². The summed E-state index contributed by atoms with van der Waals surface area (Å²) in [5.41, 5.74) is 1.75. The SMILES string of the molecule is O=C(Cc1cccc2ccccc12)NC(=S)Nc1ccccc1C(=O)NCCO. The molecule has 0 aliphatic carbocycles. The number of hydrogen-bond acceptors (Lipinski definition) is 4. The molecule has 0 fully saturated rings. The molecule has 3 aromatic rings. The highest BCUT2D eigenvalue weighted by atomic mass is 32.1. The molecule has 0 heterocycles. The van der Waals surface area contributed by atoms with Gasteiger partial charge in [-0.25, -0.2) is 0 Å². The minimum absolute atomic E-state index is 0.109. The third kappa shape index (κ3) is 5.37. The van der Waals surface area contributed by atoms with E-state index in [-0.39, 0.29) is 36.5 Å². The summed E-state index contributed by atoms with van der Waals surface area (Å²) in [6.07, 6.45) is 0.182. The zero-order valence-corrected chi connectivity index (χ0v) is 16.5. The number of amides is 2. The second-order valence-electron chi connectivity index (χ2n) is 6.34. The van der Waals surface area contributed by atoms with Crippen molar-refractivity contribution in [3.8, 4) is 0 Å². The Morgan fingerprint density at radius 2 is 1.66 bits per heavy atom. The van der Waals surface area contributed by atoms with Crippen LogP contribution in [-0.2, 0) is 11.2 Å². The van der Waals surface area contributed by atoms with E-state index in [1.807, 2.05) is 42.5 Å². The highest BCUT2D eigenvalue weighted by Gasteiger charge is 2.13. The minimum Gasteiger partial charge on any atom is -0.395 e. The highest BCUT2D eigenvalue weighted by Crippen LogP contribution is 2.19. The molecule has 0 aliphatic heterocycles. The lowest BCUT2D eigenvalue weighted by Gasteiger charge is -2.14. The summed E-state index contributed by atoms with van der Waals surface area (Å²) in [4.78, 5) is 24.7. The Labute approximate surface area is 173 Å². The first-order chi connectivity index (χ1) is 14.1. The summed E-state index contributed by atoms with van der Waals surface area (Å²) in [5, 5.41) is 19.2. The number of thiocarbonyl (C=S) groups is 1. The summed E-state index contributed by atoms with van der Waals surface area (Å²) < 4.78 is 0. The lowest BCUT2D eigenvalue weighted by atomic mass is 10.0. The topological polar surface area (TPSA) is 90.5 Å². The quantitative estimate of drug-likeness (QED) is 0.472. The van der Waals surface area contributed by atoms with E-state index in [1.54, 1.807) is 24.3 Å². The van der Waals surface area contributed by atoms with Crippen molar-refractivity contribution in [1.29, 1.82) is 0 Å². The van der Waals surface area contributed by atoms with Crippen molar-refractivity contribution in [3.05, 3.63) is 77.9 Å². The number of nitrogens with one attached hydrogen (secondary N) is 3. The van der Waals surface area contributed by atoms with Crippen LogP contribution in [0.25, 0.3) is 10.8 Å². The molecule has 4 N–H and O–H groups in total. The number of aliphatic hydroxyl groups excluding tert-OH is 1. The Kier molecular flexibility index (Phi) is 6.89. The summed E-state index contributed by atoms with van der Waals surface area (Å²) in [6, 6.07) is 20.5. The molecule has 29 heavy (non-hydrogen) atoms. The third-order valence-electron chi connectivity index (χ3n) is 4.30. The maximum absolute atomic E-state index is 12.5. The molecule has 0 unspecified atom stereocenters. The zero-order chi connectivity index (χ0) is 20.6. The molecule has 2 amide bonds. The van der Waals surface area contributed by atoms with Crippen LogP contribution in [-0.4, -0.2) is 35.2 Å². The molecular weight excluding hydrogens is 386 g/mol. The molecule has 0 radical (unpaired) electrons. The first-order valence-electron chi connectivity index (χ1n) is 9.14. The number of benzene rings is 3. The van der Waals surface area contributed by atoms with Gasteiger partial charge in [-0.2, -0.15) is 0 Å². The first kappa shape index (κ1) is 20.4. The Morgan fingerprint density at radius 3 is 2.48 bits per heavy atom. The number of anilines is 1. The largest absolute Gasteiger partial charge is 0.395 e. The zero-order valence-electron chi connectivity index (χ0n) is 15.6. The predicted octanol–water partition coefficient (Wildman–Crippen LogP) is 2.62. The maximum atomic E-state index is 12.5. The van der Waals surface area contributed by atoms with Crippen LogP contribution in [0.5, 0.6) is 0 Å². The van der Waals surface area contributed by atoms with E-state index < -0.39 is 0 Å². The Balaban J connectivity index is 1.65. The second kappa shape index (κ2) is 9.77. The fourth-order valence-electron chi connectivity index (χ4n) is 3.00. The Morgan fingerprint density at radius 1 is 0.931 bits per heavy atom. The van der Waals surface area contributed by atoms with Gasteiger partial charge in [0.2, 0.25) is 5.91 Å². The summed E-state index contributed by atoms with van der Waals surface area (Å²) in [7, 11) is 0. The fraction of sp³-hybridized carbons (Fsp3) is 0.136. The van der Waals surface area contributed by atoms with Gasteiger partial charge in [0.15, 0.2) is 5.11 Å². The predicted molar refractivity (Wildman–Crippen MR) is 118 cm³/mol. The summed E-state index contributed by atoms with van der Waals surface area (Å²) in [5.74, 6) is -0.590. The first-order valence-corrected chi connectivity index (χ1v) is 9.55. The standard InChI is InChI=1S/C22H21N3O3S/c26-13-12-23-21(28)18-10-3-4-11-19(18)24-22(29)25-20(27)14-16-8-5-7-15-6-1-2-9-17(15)16/h1-11,26H,12-14H2,(H,23,28)(H2,24,25,27,29). The highest BCUT2D eigenvalue weighted by molar-refractivity contribution is 7.80. The number of carbonyl (C=O) groups excluding carboxylic acids is 2. The molecule has 148 valence electrons. The van der Waals surface area contributed by atoms with Crippen molar-refractivity contribution in [3.63, 3.8) is 0 Å². The molecule has 0 bridgehead atoms. The molecule has 3 rings (SSSR count). The number of fused-ring (bicyclic) bond motifs is 1. The third-order valence-corrected chi connectivity index (χ3v) is 4.51. The Hall–Kier alpha value is -3.29. The average Bonchev–Trinajstić information content (AvgIpc) is 2.72. The second-order valence-corrected chi connectivity index (χ2v) is 6.75. The van der Waals surface area contributed by atoms with E-state index in [0.29, 0.717) is 11.3 Å². The smallest absolute Gasteiger partial charge is 0.253 e. The number of rotatable bonds is 6. The van der Waals surface area contributed by atoms with Gasteiger partial charge in [-0.1, -0.05) is 54.6 Å². The van der Waals surface area contributed by atoms with Crippen LogP contribution in [0, 0.1) is 0 Å². The van der Waals surface area contributed by atoms with Gasteiger partial charge in [-0.05, 0) is 40.7 Å². The Bertz CT molecular complexity index is 1050.